The van der Waals surface area contributed by atoms with E-state index in [0.717, 1.165) is 18.0 Å². The van der Waals surface area contributed by atoms with Gasteiger partial charge >= 0.3 is 0 Å². The summed E-state index contributed by atoms with van der Waals surface area (Å²) in [7, 11) is 0. The summed E-state index contributed by atoms with van der Waals surface area (Å²) < 4.78 is 0. The number of carbonyl (C=O) groups is 1. The van der Waals surface area contributed by atoms with E-state index in [9.17, 15) is 4.79 Å². The number of amides is 1. The smallest absolute Gasteiger partial charge is 0.229 e. The molecule has 5 heteroatoms. The minimum Gasteiger partial charge on any atom is -0.396 e. The molecule has 1 aliphatic heterocycles. The fraction of sp³-hybridized carbons (Fsp3) is 0.667. The van der Waals surface area contributed by atoms with Crippen molar-refractivity contribution in [3.05, 3.63) is 10.6 Å². The first kappa shape index (κ1) is 11.2. The summed E-state index contributed by atoms with van der Waals surface area (Å²) >= 11 is 1.66. The molecule has 4 nitrogen and oxygen atoms in total. The van der Waals surface area contributed by atoms with Crippen LogP contribution in [0, 0.1) is 5.92 Å². The number of thiazole rings is 1. The number of aryl methyl sites for hydroxylation is 2. The molecule has 0 radical (unpaired) electrons. The Morgan fingerprint density at radius 2 is 2.24 bits per heavy atom. The van der Waals surface area contributed by atoms with Gasteiger partial charge in [0.15, 0.2) is 5.13 Å². The van der Waals surface area contributed by atoms with Gasteiger partial charge in [-0.25, -0.2) is 4.98 Å². The molecule has 2 aliphatic rings. The van der Waals surface area contributed by atoms with Crippen molar-refractivity contribution in [1.82, 2.24) is 4.98 Å². The first-order valence-electron chi connectivity index (χ1n) is 6.17. The Kier molecular flexibility index (Phi) is 2.88. The van der Waals surface area contributed by atoms with Crippen LogP contribution < -0.4 is 4.90 Å². The number of fused-ring (bicyclic) bond motifs is 1. The van der Waals surface area contributed by atoms with Gasteiger partial charge in [0.25, 0.3) is 0 Å². The number of anilines is 1. The Morgan fingerprint density at radius 1 is 1.41 bits per heavy atom. The van der Waals surface area contributed by atoms with E-state index in [-0.39, 0.29) is 18.4 Å². The molecule has 0 spiro atoms. The lowest BCUT2D eigenvalue weighted by Gasteiger charge is -2.11. The van der Waals surface area contributed by atoms with Crippen LogP contribution in [0.25, 0.3) is 0 Å². The summed E-state index contributed by atoms with van der Waals surface area (Å²) in [5.74, 6) is 0.193. The highest BCUT2D eigenvalue weighted by Gasteiger charge is 2.32. The molecule has 0 saturated carbocycles. The number of hydrogen-bond acceptors (Lipinski definition) is 4. The van der Waals surface area contributed by atoms with Gasteiger partial charge in [-0.05, 0) is 25.7 Å². The Labute approximate surface area is 104 Å². The average molecular weight is 252 g/mol. The number of carbonyl (C=O) groups excluding carboxylic acids is 1. The molecule has 1 unspecified atom stereocenters. The van der Waals surface area contributed by atoms with E-state index >= 15 is 0 Å². The summed E-state index contributed by atoms with van der Waals surface area (Å²) in [6.07, 6.45) is 5.07. The summed E-state index contributed by atoms with van der Waals surface area (Å²) in [5.41, 5.74) is 1.19. The number of aliphatic hydroxyl groups excluding tert-OH is 1. The largest absolute Gasteiger partial charge is 0.396 e. The number of nitrogens with zero attached hydrogens (tertiary/aromatic N) is 2. The molecule has 1 aromatic rings. The Hall–Kier alpha value is -0.940. The third-order valence-electron chi connectivity index (χ3n) is 3.53. The monoisotopic (exact) mass is 252 g/mol. The molecule has 2 heterocycles. The molecule has 92 valence electrons. The van der Waals surface area contributed by atoms with Crippen LogP contribution in [0.4, 0.5) is 5.13 Å². The van der Waals surface area contributed by atoms with Gasteiger partial charge < -0.3 is 5.11 Å². The first-order valence-corrected chi connectivity index (χ1v) is 6.99. The van der Waals surface area contributed by atoms with Gasteiger partial charge in [-0.1, -0.05) is 0 Å². The van der Waals surface area contributed by atoms with Crippen LogP contribution in [0.2, 0.25) is 0 Å². The van der Waals surface area contributed by atoms with Crippen LogP contribution in [-0.4, -0.2) is 29.1 Å². The lowest BCUT2D eigenvalue weighted by atomic mass is 10.0. The highest BCUT2D eigenvalue weighted by atomic mass is 32.1. The topological polar surface area (TPSA) is 53.4 Å². The van der Waals surface area contributed by atoms with E-state index in [2.05, 4.69) is 4.98 Å². The predicted octanol–water partition coefficient (Wildman–Crippen LogP) is 1.37. The Bertz CT molecular complexity index is 420. The molecule has 0 aromatic carbocycles. The van der Waals surface area contributed by atoms with Gasteiger partial charge in [0.2, 0.25) is 5.91 Å². The molecular formula is C12H16N2O2S. The average Bonchev–Trinajstić information content (AvgIpc) is 2.91. The SMILES string of the molecule is O=C1CC(CO)CN1c1nc2c(s1)CCCC2. The third-order valence-corrected chi connectivity index (χ3v) is 4.71. The van der Waals surface area contributed by atoms with Crippen molar-refractivity contribution in [2.24, 2.45) is 5.92 Å². The van der Waals surface area contributed by atoms with Crippen molar-refractivity contribution < 1.29 is 9.90 Å². The fourth-order valence-corrected chi connectivity index (χ4v) is 3.72. The number of aliphatic hydroxyl groups is 1. The van der Waals surface area contributed by atoms with E-state index in [4.69, 9.17) is 5.11 Å². The maximum atomic E-state index is 11.8. The Balaban J connectivity index is 1.84. The maximum Gasteiger partial charge on any atom is 0.229 e. The van der Waals surface area contributed by atoms with Crippen LogP contribution in [0.3, 0.4) is 0 Å². The quantitative estimate of drug-likeness (QED) is 0.865. The van der Waals surface area contributed by atoms with Crippen LogP contribution in [-0.2, 0) is 17.6 Å². The number of hydrogen-bond donors (Lipinski definition) is 1. The second kappa shape index (κ2) is 4.38. The molecule has 1 aromatic heterocycles. The van der Waals surface area contributed by atoms with Crippen molar-refractivity contribution in [2.75, 3.05) is 18.1 Å². The predicted molar refractivity (Wildman–Crippen MR) is 66.3 cm³/mol. The molecule has 17 heavy (non-hydrogen) atoms. The van der Waals surface area contributed by atoms with Gasteiger partial charge in [0, 0.05) is 30.4 Å². The molecule has 1 fully saturated rings. The molecule has 0 bridgehead atoms. The van der Waals surface area contributed by atoms with Gasteiger partial charge in [0.05, 0.1) is 5.69 Å². The summed E-state index contributed by atoms with van der Waals surface area (Å²) in [6.45, 7) is 0.717. The molecule has 1 amide bonds. The molecule has 1 atom stereocenters. The van der Waals surface area contributed by atoms with Crippen LogP contribution >= 0.6 is 11.3 Å². The zero-order chi connectivity index (χ0) is 11.8. The highest BCUT2D eigenvalue weighted by molar-refractivity contribution is 7.16. The fourth-order valence-electron chi connectivity index (χ4n) is 2.54. The van der Waals surface area contributed by atoms with Crippen molar-refractivity contribution in [1.29, 1.82) is 0 Å². The van der Waals surface area contributed by atoms with Crippen molar-refractivity contribution >= 4 is 22.4 Å². The number of aromatic nitrogens is 1. The van der Waals surface area contributed by atoms with Gasteiger partial charge in [-0.3, -0.25) is 9.69 Å². The standard InChI is InChI=1S/C12H16N2O2S/c15-7-8-5-11(16)14(6-8)12-13-9-3-1-2-4-10(9)17-12/h8,15H,1-7H2. The summed E-state index contributed by atoms with van der Waals surface area (Å²) in [4.78, 5) is 19.5. The molecule has 1 N–H and O–H groups in total. The molecule has 3 rings (SSSR count). The van der Waals surface area contributed by atoms with Crippen LogP contribution in [0.5, 0.6) is 0 Å². The minimum absolute atomic E-state index is 0.0865. The molecular weight excluding hydrogens is 236 g/mol. The zero-order valence-corrected chi connectivity index (χ0v) is 10.5. The normalized spacial score (nSPS) is 24.2. The second-order valence-corrected chi connectivity index (χ2v) is 5.89. The molecule has 1 saturated heterocycles. The van der Waals surface area contributed by atoms with Crippen molar-refractivity contribution in [3.8, 4) is 0 Å². The lowest BCUT2D eigenvalue weighted by Crippen LogP contribution is -2.24. The first-order chi connectivity index (χ1) is 8.28. The summed E-state index contributed by atoms with van der Waals surface area (Å²) in [6, 6.07) is 0. The van der Waals surface area contributed by atoms with Crippen LogP contribution in [0.1, 0.15) is 29.8 Å². The second-order valence-electron chi connectivity index (χ2n) is 4.83. The maximum absolute atomic E-state index is 11.8. The minimum atomic E-state index is 0.0865. The zero-order valence-electron chi connectivity index (χ0n) is 9.69. The van der Waals surface area contributed by atoms with Crippen molar-refractivity contribution in [3.63, 3.8) is 0 Å². The van der Waals surface area contributed by atoms with Crippen LogP contribution in [0.15, 0.2) is 0 Å². The number of rotatable bonds is 2. The van der Waals surface area contributed by atoms with E-state index in [1.165, 1.54) is 23.4 Å². The van der Waals surface area contributed by atoms with E-state index in [1.807, 2.05) is 0 Å². The third kappa shape index (κ3) is 1.98. The summed E-state index contributed by atoms with van der Waals surface area (Å²) in [5, 5.41) is 9.96. The Morgan fingerprint density at radius 3 is 2.94 bits per heavy atom. The molecule has 1 aliphatic carbocycles. The lowest BCUT2D eigenvalue weighted by molar-refractivity contribution is -0.117. The van der Waals surface area contributed by atoms with E-state index < -0.39 is 0 Å². The van der Waals surface area contributed by atoms with Crippen molar-refractivity contribution in [2.45, 2.75) is 32.1 Å². The van der Waals surface area contributed by atoms with E-state index in [0.29, 0.717) is 13.0 Å². The van der Waals surface area contributed by atoms with Gasteiger partial charge in [-0.15, -0.1) is 11.3 Å². The van der Waals surface area contributed by atoms with Gasteiger partial charge in [0.1, 0.15) is 0 Å². The van der Waals surface area contributed by atoms with Gasteiger partial charge in [-0.2, -0.15) is 0 Å². The highest BCUT2D eigenvalue weighted by Crippen LogP contribution is 2.34. The van der Waals surface area contributed by atoms with E-state index in [1.54, 1.807) is 16.2 Å².